The van der Waals surface area contributed by atoms with E-state index >= 15 is 0 Å². The minimum absolute atomic E-state index is 0.0184. The second-order valence-corrected chi connectivity index (χ2v) is 6.52. The Morgan fingerprint density at radius 1 is 1.25 bits per heavy atom. The van der Waals surface area contributed by atoms with E-state index in [4.69, 9.17) is 5.11 Å². The standard InChI is InChI=1S/C15H23NO4/c1-9(2)6-10(7-13(17)18)8-16-14(19)11-4-3-5-12(11)15(16)20/h9-12H,3-8H2,1-2H3,(H,17,18). The van der Waals surface area contributed by atoms with Crippen molar-refractivity contribution in [3.05, 3.63) is 0 Å². The summed E-state index contributed by atoms with van der Waals surface area (Å²) in [5, 5.41) is 8.98. The molecule has 0 aromatic carbocycles. The van der Waals surface area contributed by atoms with Gasteiger partial charge in [-0.2, -0.15) is 0 Å². The van der Waals surface area contributed by atoms with Crippen molar-refractivity contribution in [3.8, 4) is 0 Å². The monoisotopic (exact) mass is 281 g/mol. The fourth-order valence-corrected chi connectivity index (χ4v) is 3.63. The van der Waals surface area contributed by atoms with Crippen molar-refractivity contribution in [1.29, 1.82) is 0 Å². The first-order valence-electron chi connectivity index (χ1n) is 7.47. The maximum absolute atomic E-state index is 12.3. The second kappa shape index (κ2) is 5.94. The highest BCUT2D eigenvalue weighted by molar-refractivity contribution is 6.05. The first kappa shape index (κ1) is 15.0. The molecule has 0 spiro atoms. The summed E-state index contributed by atoms with van der Waals surface area (Å²) in [6.07, 6.45) is 3.30. The van der Waals surface area contributed by atoms with Gasteiger partial charge in [0.15, 0.2) is 0 Å². The molecule has 0 bridgehead atoms. The first-order valence-corrected chi connectivity index (χ1v) is 7.47. The van der Waals surface area contributed by atoms with Gasteiger partial charge in [0.25, 0.3) is 0 Å². The number of hydrogen-bond acceptors (Lipinski definition) is 3. The normalized spacial score (nSPS) is 27.2. The number of nitrogens with zero attached hydrogens (tertiary/aromatic N) is 1. The molecule has 2 amide bonds. The van der Waals surface area contributed by atoms with Gasteiger partial charge in [-0.25, -0.2) is 0 Å². The molecule has 1 aliphatic carbocycles. The van der Waals surface area contributed by atoms with Crippen molar-refractivity contribution >= 4 is 17.8 Å². The number of fused-ring (bicyclic) bond motifs is 1. The van der Waals surface area contributed by atoms with Gasteiger partial charge in [-0.3, -0.25) is 19.3 Å². The molecule has 0 aromatic rings. The lowest BCUT2D eigenvalue weighted by Crippen LogP contribution is -2.37. The van der Waals surface area contributed by atoms with Gasteiger partial charge in [-0.15, -0.1) is 0 Å². The number of aliphatic carboxylic acids is 1. The SMILES string of the molecule is CC(C)CC(CC(=O)O)CN1C(=O)C2CCCC2C1=O. The van der Waals surface area contributed by atoms with Crippen molar-refractivity contribution in [2.45, 2.75) is 46.0 Å². The lowest BCUT2D eigenvalue weighted by Gasteiger charge is -2.23. The zero-order valence-electron chi connectivity index (χ0n) is 12.2. The van der Waals surface area contributed by atoms with Crippen LogP contribution >= 0.6 is 0 Å². The molecule has 0 radical (unpaired) electrons. The van der Waals surface area contributed by atoms with E-state index in [1.165, 1.54) is 4.90 Å². The lowest BCUT2D eigenvalue weighted by molar-refractivity contribution is -0.144. The predicted octanol–water partition coefficient (Wildman–Crippen LogP) is 1.91. The molecule has 5 nitrogen and oxygen atoms in total. The first-order chi connectivity index (χ1) is 9.40. The van der Waals surface area contributed by atoms with Crippen LogP contribution in [-0.4, -0.2) is 34.3 Å². The van der Waals surface area contributed by atoms with Gasteiger partial charge in [0, 0.05) is 13.0 Å². The molecule has 112 valence electrons. The molecule has 0 aromatic heterocycles. The predicted molar refractivity (Wildman–Crippen MR) is 72.7 cm³/mol. The molecule has 1 aliphatic heterocycles. The fraction of sp³-hybridized carbons (Fsp3) is 0.800. The number of rotatable bonds is 6. The summed E-state index contributed by atoms with van der Waals surface area (Å²) in [4.78, 5) is 36.8. The third-order valence-electron chi connectivity index (χ3n) is 4.39. The number of carbonyl (C=O) groups excluding carboxylic acids is 2. The van der Waals surface area contributed by atoms with Gasteiger partial charge >= 0.3 is 5.97 Å². The van der Waals surface area contributed by atoms with E-state index in [1.54, 1.807) is 0 Å². The van der Waals surface area contributed by atoms with Crippen molar-refractivity contribution in [2.24, 2.45) is 23.7 Å². The van der Waals surface area contributed by atoms with E-state index < -0.39 is 5.97 Å². The molecule has 3 atom stereocenters. The quantitative estimate of drug-likeness (QED) is 0.755. The molecule has 2 rings (SSSR count). The summed E-state index contributed by atoms with van der Waals surface area (Å²) in [6, 6.07) is 0. The summed E-state index contributed by atoms with van der Waals surface area (Å²) >= 11 is 0. The maximum Gasteiger partial charge on any atom is 0.303 e. The molecule has 1 saturated heterocycles. The largest absolute Gasteiger partial charge is 0.481 e. The van der Waals surface area contributed by atoms with Crippen LogP contribution in [0.15, 0.2) is 0 Å². The number of carboxylic acid groups (broad SMARTS) is 1. The highest BCUT2D eigenvalue weighted by Gasteiger charge is 2.49. The Balaban J connectivity index is 2.04. The van der Waals surface area contributed by atoms with Gasteiger partial charge in [0.05, 0.1) is 11.8 Å². The minimum atomic E-state index is -0.866. The smallest absolute Gasteiger partial charge is 0.303 e. The van der Waals surface area contributed by atoms with Crippen LogP contribution < -0.4 is 0 Å². The van der Waals surface area contributed by atoms with Gasteiger partial charge in [-0.1, -0.05) is 20.3 Å². The second-order valence-electron chi connectivity index (χ2n) is 6.52. The van der Waals surface area contributed by atoms with E-state index in [9.17, 15) is 14.4 Å². The van der Waals surface area contributed by atoms with E-state index in [0.29, 0.717) is 5.92 Å². The number of imide groups is 1. The van der Waals surface area contributed by atoms with Gasteiger partial charge in [0.2, 0.25) is 11.8 Å². The van der Waals surface area contributed by atoms with Crippen LogP contribution in [0.25, 0.3) is 0 Å². The average Bonchev–Trinajstić information content (AvgIpc) is 2.88. The van der Waals surface area contributed by atoms with Crippen LogP contribution in [0.2, 0.25) is 0 Å². The number of likely N-dealkylation sites (tertiary alicyclic amines) is 1. The molecular formula is C15H23NO4. The molecule has 1 heterocycles. The number of carbonyl (C=O) groups is 3. The number of amides is 2. The van der Waals surface area contributed by atoms with Crippen molar-refractivity contribution in [3.63, 3.8) is 0 Å². The van der Waals surface area contributed by atoms with E-state index in [2.05, 4.69) is 0 Å². The van der Waals surface area contributed by atoms with Crippen molar-refractivity contribution in [1.82, 2.24) is 4.90 Å². The topological polar surface area (TPSA) is 74.7 Å². The summed E-state index contributed by atoms with van der Waals surface area (Å²) in [6.45, 7) is 4.32. The average molecular weight is 281 g/mol. The van der Waals surface area contributed by atoms with Gasteiger partial charge < -0.3 is 5.11 Å². The third kappa shape index (κ3) is 3.02. The maximum atomic E-state index is 12.3. The number of hydrogen-bond donors (Lipinski definition) is 1. The third-order valence-corrected chi connectivity index (χ3v) is 4.39. The van der Waals surface area contributed by atoms with Crippen LogP contribution in [0.4, 0.5) is 0 Å². The Kier molecular flexibility index (Phi) is 4.45. The molecule has 20 heavy (non-hydrogen) atoms. The molecule has 1 saturated carbocycles. The Morgan fingerprint density at radius 3 is 2.25 bits per heavy atom. The zero-order chi connectivity index (χ0) is 14.9. The van der Waals surface area contributed by atoms with Crippen LogP contribution in [0.5, 0.6) is 0 Å². The van der Waals surface area contributed by atoms with Crippen LogP contribution in [0.3, 0.4) is 0 Å². The Bertz CT molecular complexity index is 396. The summed E-state index contributed by atoms with van der Waals surface area (Å²) in [7, 11) is 0. The van der Waals surface area contributed by atoms with E-state index in [0.717, 1.165) is 25.7 Å². The summed E-state index contributed by atoms with van der Waals surface area (Å²) < 4.78 is 0. The highest BCUT2D eigenvalue weighted by atomic mass is 16.4. The minimum Gasteiger partial charge on any atom is -0.481 e. The molecular weight excluding hydrogens is 258 g/mol. The molecule has 5 heteroatoms. The Morgan fingerprint density at radius 2 is 1.80 bits per heavy atom. The molecule has 1 N–H and O–H groups in total. The van der Waals surface area contributed by atoms with Crippen molar-refractivity contribution in [2.75, 3.05) is 6.54 Å². The lowest BCUT2D eigenvalue weighted by atomic mass is 9.93. The summed E-state index contributed by atoms with van der Waals surface area (Å²) in [5.74, 6) is -1.06. The fourth-order valence-electron chi connectivity index (χ4n) is 3.63. The molecule has 2 aliphatic rings. The van der Waals surface area contributed by atoms with E-state index in [1.807, 2.05) is 13.8 Å². The number of carboxylic acids is 1. The Hall–Kier alpha value is -1.39. The van der Waals surface area contributed by atoms with E-state index in [-0.39, 0.29) is 42.5 Å². The van der Waals surface area contributed by atoms with Crippen molar-refractivity contribution < 1.29 is 19.5 Å². The Labute approximate surface area is 119 Å². The van der Waals surface area contributed by atoms with Gasteiger partial charge in [-0.05, 0) is 31.1 Å². The van der Waals surface area contributed by atoms with Crippen LogP contribution in [0, 0.1) is 23.7 Å². The van der Waals surface area contributed by atoms with Gasteiger partial charge in [0.1, 0.15) is 0 Å². The van der Waals surface area contributed by atoms with Crippen LogP contribution in [0.1, 0.15) is 46.0 Å². The molecule has 2 fully saturated rings. The zero-order valence-corrected chi connectivity index (χ0v) is 12.2. The molecule has 3 unspecified atom stereocenters. The highest BCUT2D eigenvalue weighted by Crippen LogP contribution is 2.40. The summed E-state index contributed by atoms with van der Waals surface area (Å²) in [5.41, 5.74) is 0. The van der Waals surface area contributed by atoms with Crippen LogP contribution in [-0.2, 0) is 14.4 Å².